The monoisotopic (exact) mass is 428 g/mol. The van der Waals surface area contributed by atoms with Crippen LogP contribution in [-0.4, -0.2) is 47.1 Å². The molecule has 0 spiro atoms. The van der Waals surface area contributed by atoms with Crippen LogP contribution in [0.5, 0.6) is 0 Å². The second-order valence-electron chi connectivity index (χ2n) is 7.38. The standard InChI is InChI=1S/C22H25ClN4OS/c1-15-7-8-16-12-17(21(28)25-20(16)11-15)14-27(10-9-26(2)3)22(29)24-19-6-4-5-18(23)13-19/h4-8,11-13H,9-10,14H2,1-3H3,(H,24,29)(H,25,28). The van der Waals surface area contributed by atoms with Gasteiger partial charge in [-0.05, 0) is 74.5 Å². The molecular weight excluding hydrogens is 404 g/mol. The molecule has 3 aromatic rings. The summed E-state index contributed by atoms with van der Waals surface area (Å²) in [6.07, 6.45) is 0. The molecule has 0 aliphatic rings. The Hall–Kier alpha value is -2.41. The van der Waals surface area contributed by atoms with E-state index in [-0.39, 0.29) is 5.56 Å². The number of pyridine rings is 1. The molecule has 1 aromatic heterocycles. The molecule has 0 aliphatic heterocycles. The molecule has 0 aliphatic carbocycles. The van der Waals surface area contributed by atoms with E-state index in [2.05, 4.69) is 15.2 Å². The van der Waals surface area contributed by atoms with Crippen LogP contribution < -0.4 is 10.9 Å². The second kappa shape index (κ2) is 9.39. The third-order valence-corrected chi connectivity index (χ3v) is 5.22. The largest absolute Gasteiger partial charge is 0.343 e. The third-order valence-electron chi connectivity index (χ3n) is 4.62. The number of rotatable bonds is 6. The van der Waals surface area contributed by atoms with Gasteiger partial charge in [-0.1, -0.05) is 29.8 Å². The van der Waals surface area contributed by atoms with Crippen LogP contribution in [0.15, 0.2) is 53.3 Å². The average Bonchev–Trinajstić information content (AvgIpc) is 2.65. The fraction of sp³-hybridized carbons (Fsp3) is 0.273. The Morgan fingerprint density at radius 3 is 2.66 bits per heavy atom. The maximum absolute atomic E-state index is 12.7. The van der Waals surface area contributed by atoms with Gasteiger partial charge in [-0.3, -0.25) is 4.79 Å². The Morgan fingerprint density at radius 1 is 1.14 bits per heavy atom. The number of aryl methyl sites for hydroxylation is 1. The molecule has 29 heavy (non-hydrogen) atoms. The molecule has 0 saturated carbocycles. The summed E-state index contributed by atoms with van der Waals surface area (Å²) in [5.41, 5.74) is 3.36. The van der Waals surface area contributed by atoms with E-state index in [9.17, 15) is 4.79 Å². The summed E-state index contributed by atoms with van der Waals surface area (Å²) in [5, 5.41) is 5.43. The molecule has 0 saturated heterocycles. The van der Waals surface area contributed by atoms with Gasteiger partial charge in [0.05, 0.1) is 6.54 Å². The number of nitrogens with zero attached hydrogens (tertiary/aromatic N) is 2. The first-order chi connectivity index (χ1) is 13.8. The lowest BCUT2D eigenvalue weighted by atomic mass is 10.1. The van der Waals surface area contributed by atoms with E-state index in [0.717, 1.165) is 28.7 Å². The molecule has 7 heteroatoms. The van der Waals surface area contributed by atoms with Gasteiger partial charge < -0.3 is 20.1 Å². The summed E-state index contributed by atoms with van der Waals surface area (Å²) in [6, 6.07) is 15.4. The zero-order valence-corrected chi connectivity index (χ0v) is 18.4. The number of likely N-dealkylation sites (N-methyl/N-ethyl adjacent to an activating group) is 1. The Balaban J connectivity index is 1.85. The lowest BCUT2D eigenvalue weighted by Gasteiger charge is -2.27. The zero-order valence-electron chi connectivity index (χ0n) is 16.8. The van der Waals surface area contributed by atoms with Gasteiger partial charge in [0.15, 0.2) is 5.11 Å². The molecule has 5 nitrogen and oxygen atoms in total. The zero-order chi connectivity index (χ0) is 21.0. The van der Waals surface area contributed by atoms with Crippen molar-refractivity contribution in [1.29, 1.82) is 0 Å². The quantitative estimate of drug-likeness (QED) is 0.575. The highest BCUT2D eigenvalue weighted by atomic mass is 35.5. The van der Waals surface area contributed by atoms with E-state index in [1.807, 2.05) is 74.4 Å². The van der Waals surface area contributed by atoms with Crippen LogP contribution in [-0.2, 0) is 6.54 Å². The number of hydrogen-bond donors (Lipinski definition) is 2. The van der Waals surface area contributed by atoms with Crippen molar-refractivity contribution in [3.05, 3.63) is 75.0 Å². The average molecular weight is 429 g/mol. The molecule has 0 fully saturated rings. The SMILES string of the molecule is Cc1ccc2cc(CN(CCN(C)C)C(=S)Nc3cccc(Cl)c3)c(=O)[nH]c2c1. The number of aromatic nitrogens is 1. The van der Waals surface area contributed by atoms with Crippen molar-refractivity contribution in [1.82, 2.24) is 14.8 Å². The first kappa shape index (κ1) is 21.3. The summed E-state index contributed by atoms with van der Waals surface area (Å²) in [4.78, 5) is 19.7. The number of halogens is 1. The molecule has 0 amide bonds. The minimum atomic E-state index is -0.0940. The van der Waals surface area contributed by atoms with E-state index < -0.39 is 0 Å². The van der Waals surface area contributed by atoms with Gasteiger partial charge in [-0.15, -0.1) is 0 Å². The predicted molar refractivity (Wildman–Crippen MR) is 126 cm³/mol. The van der Waals surface area contributed by atoms with Crippen molar-refractivity contribution in [3.63, 3.8) is 0 Å². The van der Waals surface area contributed by atoms with Crippen LogP contribution in [0.25, 0.3) is 10.9 Å². The highest BCUT2D eigenvalue weighted by molar-refractivity contribution is 7.80. The van der Waals surface area contributed by atoms with Crippen LogP contribution in [0.2, 0.25) is 5.02 Å². The van der Waals surface area contributed by atoms with Crippen molar-refractivity contribution in [2.45, 2.75) is 13.5 Å². The number of benzene rings is 2. The van der Waals surface area contributed by atoms with E-state index in [0.29, 0.717) is 28.8 Å². The normalized spacial score (nSPS) is 11.1. The molecule has 0 bridgehead atoms. The summed E-state index contributed by atoms with van der Waals surface area (Å²) in [6.45, 7) is 3.92. The van der Waals surface area contributed by atoms with E-state index in [1.54, 1.807) is 0 Å². The lowest BCUT2D eigenvalue weighted by Crippen LogP contribution is -2.40. The molecule has 3 rings (SSSR count). The number of thiocarbonyl (C=S) groups is 1. The number of hydrogen-bond acceptors (Lipinski definition) is 3. The van der Waals surface area contributed by atoms with E-state index in [4.69, 9.17) is 23.8 Å². The molecule has 2 N–H and O–H groups in total. The van der Waals surface area contributed by atoms with Crippen LogP contribution in [0.1, 0.15) is 11.1 Å². The Bertz CT molecular complexity index is 1080. The van der Waals surface area contributed by atoms with Crippen molar-refractivity contribution >= 4 is 45.5 Å². The fourth-order valence-electron chi connectivity index (χ4n) is 3.03. The highest BCUT2D eigenvalue weighted by Gasteiger charge is 2.14. The van der Waals surface area contributed by atoms with Gasteiger partial charge in [-0.25, -0.2) is 0 Å². The van der Waals surface area contributed by atoms with Crippen LogP contribution >= 0.6 is 23.8 Å². The van der Waals surface area contributed by atoms with Crippen molar-refractivity contribution in [2.75, 3.05) is 32.5 Å². The highest BCUT2D eigenvalue weighted by Crippen LogP contribution is 2.17. The molecular formula is C22H25ClN4OS. The van der Waals surface area contributed by atoms with Gasteiger partial charge in [-0.2, -0.15) is 0 Å². The maximum Gasteiger partial charge on any atom is 0.253 e. The second-order valence-corrected chi connectivity index (χ2v) is 8.20. The fourth-order valence-corrected chi connectivity index (χ4v) is 3.49. The third kappa shape index (κ3) is 5.79. The summed E-state index contributed by atoms with van der Waals surface area (Å²) >= 11 is 11.7. The Kier molecular flexibility index (Phi) is 6.90. The molecule has 1 heterocycles. The summed E-state index contributed by atoms with van der Waals surface area (Å²) < 4.78 is 0. The molecule has 0 radical (unpaired) electrons. The van der Waals surface area contributed by atoms with E-state index in [1.165, 1.54) is 0 Å². The van der Waals surface area contributed by atoms with Crippen molar-refractivity contribution < 1.29 is 0 Å². The maximum atomic E-state index is 12.7. The minimum absolute atomic E-state index is 0.0940. The smallest absolute Gasteiger partial charge is 0.253 e. The molecule has 152 valence electrons. The number of aromatic amines is 1. The van der Waals surface area contributed by atoms with Crippen LogP contribution in [0.3, 0.4) is 0 Å². The number of fused-ring (bicyclic) bond motifs is 1. The lowest BCUT2D eigenvalue weighted by molar-refractivity contribution is 0.327. The van der Waals surface area contributed by atoms with Gasteiger partial charge >= 0.3 is 0 Å². The number of H-pyrrole nitrogens is 1. The van der Waals surface area contributed by atoms with Gasteiger partial charge in [0.25, 0.3) is 5.56 Å². The summed E-state index contributed by atoms with van der Waals surface area (Å²) in [5.74, 6) is 0. The van der Waals surface area contributed by atoms with Crippen molar-refractivity contribution in [3.8, 4) is 0 Å². The first-order valence-electron chi connectivity index (χ1n) is 9.40. The topological polar surface area (TPSA) is 51.4 Å². The minimum Gasteiger partial charge on any atom is -0.343 e. The van der Waals surface area contributed by atoms with Gasteiger partial charge in [0.2, 0.25) is 0 Å². The number of nitrogens with one attached hydrogen (secondary N) is 2. The Morgan fingerprint density at radius 2 is 1.93 bits per heavy atom. The van der Waals surface area contributed by atoms with Crippen LogP contribution in [0, 0.1) is 6.92 Å². The van der Waals surface area contributed by atoms with Gasteiger partial charge in [0, 0.05) is 34.9 Å². The molecule has 2 aromatic carbocycles. The first-order valence-corrected chi connectivity index (χ1v) is 10.2. The number of anilines is 1. The van der Waals surface area contributed by atoms with E-state index >= 15 is 0 Å². The van der Waals surface area contributed by atoms with Crippen LogP contribution in [0.4, 0.5) is 5.69 Å². The van der Waals surface area contributed by atoms with Crippen molar-refractivity contribution in [2.24, 2.45) is 0 Å². The predicted octanol–water partition coefficient (Wildman–Crippen LogP) is 4.25. The van der Waals surface area contributed by atoms with Gasteiger partial charge in [0.1, 0.15) is 0 Å². The molecule has 0 atom stereocenters. The molecule has 0 unspecified atom stereocenters. The summed E-state index contributed by atoms with van der Waals surface area (Å²) in [7, 11) is 4.02. The Labute approximate surface area is 181 Å².